The van der Waals surface area contributed by atoms with Gasteiger partial charge in [0.1, 0.15) is 17.0 Å². The Labute approximate surface area is 236 Å². The van der Waals surface area contributed by atoms with Crippen LogP contribution in [-0.2, 0) is 13.9 Å². The van der Waals surface area contributed by atoms with Crippen LogP contribution in [0.2, 0.25) is 18.1 Å². The quantitative estimate of drug-likeness (QED) is 0.314. The van der Waals surface area contributed by atoms with Crippen LogP contribution in [0, 0.1) is 0 Å². The first-order valence-electron chi connectivity index (χ1n) is 12.8. The molecule has 2 heterocycles. The van der Waals surface area contributed by atoms with Gasteiger partial charge in [0.05, 0.1) is 17.3 Å². The molecule has 0 aliphatic carbocycles. The number of hydrogen-bond acceptors (Lipinski definition) is 7. The van der Waals surface area contributed by atoms with Crippen molar-refractivity contribution in [3.05, 3.63) is 22.9 Å². The maximum atomic E-state index is 13.3. The molecule has 0 N–H and O–H groups in total. The number of fused-ring (bicyclic) bond motifs is 1. The number of aromatic nitrogens is 3. The summed E-state index contributed by atoms with van der Waals surface area (Å²) in [6, 6.07) is 1.69. The summed E-state index contributed by atoms with van der Waals surface area (Å²) in [5, 5.41) is 4.26. The number of carbonyl (C=O) groups excluding carboxylic acids is 2. The van der Waals surface area contributed by atoms with Crippen LogP contribution in [0.25, 0.3) is 5.65 Å². The summed E-state index contributed by atoms with van der Waals surface area (Å²) in [5.41, 5.74) is -0.817. The van der Waals surface area contributed by atoms with Gasteiger partial charge in [-0.1, -0.05) is 20.8 Å². The van der Waals surface area contributed by atoms with Gasteiger partial charge in [-0.2, -0.15) is 5.10 Å². The molecule has 0 saturated heterocycles. The molecule has 0 saturated carbocycles. The van der Waals surface area contributed by atoms with Crippen LogP contribution in [0.15, 0.2) is 22.9 Å². The predicted molar refractivity (Wildman–Crippen MR) is 155 cm³/mol. The molecule has 0 unspecified atom stereocenters. The Hall–Kier alpha value is -2.18. The van der Waals surface area contributed by atoms with E-state index in [4.69, 9.17) is 13.9 Å². The van der Waals surface area contributed by atoms with Crippen molar-refractivity contribution in [2.45, 2.75) is 91.6 Å². The van der Waals surface area contributed by atoms with Crippen LogP contribution in [0.1, 0.15) is 62.3 Å². The third kappa shape index (κ3) is 9.23. The Balaban J connectivity index is 2.30. The smallest absolute Gasteiger partial charge is 0.416 e. The predicted octanol–water partition coefficient (Wildman–Crippen LogP) is 6.49. The van der Waals surface area contributed by atoms with Gasteiger partial charge in [0, 0.05) is 25.8 Å². The van der Waals surface area contributed by atoms with Crippen LogP contribution in [0.3, 0.4) is 0 Å². The molecule has 38 heavy (non-hydrogen) atoms. The highest BCUT2D eigenvalue weighted by Gasteiger charge is 2.37. The van der Waals surface area contributed by atoms with E-state index < -0.39 is 31.7 Å². The second kappa shape index (κ2) is 11.9. The number of amides is 2. The second-order valence-corrected chi connectivity index (χ2v) is 18.4. The molecular weight excluding hydrogens is 570 g/mol. The fraction of sp³-hybridized carbons (Fsp3) is 0.692. The molecule has 0 aliphatic heterocycles. The molecule has 0 atom stereocenters. The Morgan fingerprint density at radius 2 is 1.53 bits per heavy atom. The minimum Gasteiger partial charge on any atom is -0.444 e. The first-order valence-corrected chi connectivity index (χ1v) is 16.5. The molecule has 0 radical (unpaired) electrons. The van der Waals surface area contributed by atoms with E-state index in [0.29, 0.717) is 29.1 Å². The lowest BCUT2D eigenvalue weighted by Gasteiger charge is -2.37. The van der Waals surface area contributed by atoms with Gasteiger partial charge in [-0.15, -0.1) is 0 Å². The molecule has 2 aromatic rings. The number of nitrogens with zero attached hydrogens (tertiary/aromatic N) is 5. The maximum absolute atomic E-state index is 13.3. The van der Waals surface area contributed by atoms with Gasteiger partial charge in [-0.25, -0.2) is 19.1 Å². The van der Waals surface area contributed by atoms with Gasteiger partial charge < -0.3 is 18.8 Å². The molecule has 2 aromatic heterocycles. The molecule has 214 valence electrons. The Kier molecular flexibility index (Phi) is 10.0. The molecule has 0 spiro atoms. The third-order valence-corrected chi connectivity index (χ3v) is 11.2. The van der Waals surface area contributed by atoms with Crippen LogP contribution >= 0.6 is 15.9 Å². The van der Waals surface area contributed by atoms with E-state index in [1.807, 2.05) is 20.8 Å². The lowest BCUT2D eigenvalue weighted by atomic mass is 10.2. The number of anilines is 1. The van der Waals surface area contributed by atoms with Crippen molar-refractivity contribution in [3.63, 3.8) is 0 Å². The lowest BCUT2D eigenvalue weighted by Crippen LogP contribution is -2.47. The largest absolute Gasteiger partial charge is 0.444 e. The van der Waals surface area contributed by atoms with Gasteiger partial charge >= 0.3 is 12.2 Å². The van der Waals surface area contributed by atoms with E-state index in [1.165, 1.54) is 4.90 Å². The number of halogens is 1. The zero-order valence-corrected chi connectivity index (χ0v) is 27.3. The molecule has 0 aliphatic rings. The Morgan fingerprint density at radius 3 is 2.08 bits per heavy atom. The summed E-state index contributed by atoms with van der Waals surface area (Å²) in [6.45, 7) is 22.8. The standard InChI is InChI=1S/C26H44BrN5O5Si/c1-24(2,3)36-22(33)30(16-17-35-38(10,11)26(7,8)9)14-15-31(23(34)37-25(4,5)6)20-12-13-32-21(29-20)19(27)18-28-32/h12-13,18H,14-17H2,1-11H3. The van der Waals surface area contributed by atoms with Crippen molar-refractivity contribution in [1.29, 1.82) is 0 Å². The summed E-state index contributed by atoms with van der Waals surface area (Å²) in [7, 11) is -2.01. The summed E-state index contributed by atoms with van der Waals surface area (Å²) in [4.78, 5) is 34.0. The maximum Gasteiger partial charge on any atom is 0.416 e. The SMILES string of the molecule is CC(C)(C)OC(=O)N(CCO[Si](C)(C)C(C)(C)C)CCN(C(=O)OC(C)(C)C)c1ccn2ncc(Br)c2n1. The number of rotatable bonds is 8. The summed E-state index contributed by atoms with van der Waals surface area (Å²) >= 11 is 3.44. The van der Waals surface area contributed by atoms with Crippen molar-refractivity contribution >= 4 is 47.9 Å². The van der Waals surface area contributed by atoms with Crippen molar-refractivity contribution in [1.82, 2.24) is 19.5 Å². The van der Waals surface area contributed by atoms with E-state index in [1.54, 1.807) is 48.6 Å². The third-order valence-electron chi connectivity index (χ3n) is 6.08. The molecule has 0 fully saturated rings. The topological polar surface area (TPSA) is 98.5 Å². The van der Waals surface area contributed by atoms with Crippen molar-refractivity contribution in [2.75, 3.05) is 31.1 Å². The highest BCUT2D eigenvalue weighted by atomic mass is 79.9. The second-order valence-electron chi connectivity index (χ2n) is 12.8. The highest BCUT2D eigenvalue weighted by molar-refractivity contribution is 9.10. The zero-order chi connectivity index (χ0) is 29.1. The summed E-state index contributed by atoms with van der Waals surface area (Å²) in [6.07, 6.45) is 2.32. The molecule has 10 nitrogen and oxygen atoms in total. The van der Waals surface area contributed by atoms with E-state index >= 15 is 0 Å². The van der Waals surface area contributed by atoms with Gasteiger partial charge in [-0.05, 0) is 81.7 Å². The van der Waals surface area contributed by atoms with Crippen LogP contribution in [-0.4, -0.2) is 77.4 Å². The lowest BCUT2D eigenvalue weighted by molar-refractivity contribution is 0.0221. The molecular formula is C26H44BrN5O5Si. The van der Waals surface area contributed by atoms with Crippen molar-refractivity contribution in [2.24, 2.45) is 0 Å². The van der Waals surface area contributed by atoms with E-state index in [9.17, 15) is 9.59 Å². The van der Waals surface area contributed by atoms with Gasteiger partial charge in [0.15, 0.2) is 14.0 Å². The molecule has 0 bridgehead atoms. The first-order chi connectivity index (χ1) is 17.2. The van der Waals surface area contributed by atoms with E-state index in [2.05, 4.69) is 59.9 Å². The summed E-state index contributed by atoms with van der Waals surface area (Å²) in [5.74, 6) is 0.384. The van der Waals surface area contributed by atoms with E-state index in [-0.39, 0.29) is 18.1 Å². The van der Waals surface area contributed by atoms with Gasteiger partial charge in [-0.3, -0.25) is 4.90 Å². The number of ether oxygens (including phenoxy) is 2. The van der Waals surface area contributed by atoms with Gasteiger partial charge in [0.2, 0.25) is 0 Å². The minimum atomic E-state index is -2.01. The normalized spacial score (nSPS) is 12.9. The number of carbonyl (C=O) groups is 2. The molecule has 2 rings (SSSR count). The number of hydrogen-bond donors (Lipinski definition) is 0. The first kappa shape index (κ1) is 32.0. The monoisotopic (exact) mass is 613 g/mol. The van der Waals surface area contributed by atoms with Crippen LogP contribution in [0.4, 0.5) is 15.4 Å². The average molecular weight is 615 g/mol. The Morgan fingerprint density at radius 1 is 0.947 bits per heavy atom. The van der Waals surface area contributed by atoms with Crippen LogP contribution < -0.4 is 4.90 Å². The van der Waals surface area contributed by atoms with Crippen LogP contribution in [0.5, 0.6) is 0 Å². The fourth-order valence-corrected chi connectivity index (χ4v) is 4.46. The molecule has 2 amide bonds. The summed E-state index contributed by atoms with van der Waals surface area (Å²) < 4.78 is 20.0. The molecule has 12 heteroatoms. The minimum absolute atomic E-state index is 0.0452. The van der Waals surface area contributed by atoms with E-state index in [0.717, 1.165) is 0 Å². The zero-order valence-electron chi connectivity index (χ0n) is 24.7. The Bertz CT molecular complexity index is 1120. The van der Waals surface area contributed by atoms with Crippen molar-refractivity contribution in [3.8, 4) is 0 Å². The van der Waals surface area contributed by atoms with Gasteiger partial charge in [0.25, 0.3) is 0 Å². The average Bonchev–Trinajstić information content (AvgIpc) is 3.09. The fourth-order valence-electron chi connectivity index (χ4n) is 3.07. The van der Waals surface area contributed by atoms with Crippen molar-refractivity contribution < 1.29 is 23.5 Å². The molecule has 0 aromatic carbocycles. The highest BCUT2D eigenvalue weighted by Crippen LogP contribution is 2.36.